The molecule has 0 saturated carbocycles. The molecule has 0 aliphatic rings. The second kappa shape index (κ2) is 6.37. The second-order valence-corrected chi connectivity index (χ2v) is 4.76. The van der Waals surface area contributed by atoms with Crippen LogP contribution in [-0.2, 0) is 11.3 Å². The highest BCUT2D eigenvalue weighted by molar-refractivity contribution is 6.33. The summed E-state index contributed by atoms with van der Waals surface area (Å²) < 4.78 is 4.65. The summed E-state index contributed by atoms with van der Waals surface area (Å²) in [4.78, 5) is 11.5. The topological polar surface area (TPSA) is 78.8 Å². The molecule has 2 aromatic carbocycles. The fourth-order valence-corrected chi connectivity index (χ4v) is 1.98. The lowest BCUT2D eigenvalue weighted by Gasteiger charge is -2.11. The van der Waals surface area contributed by atoms with Crippen LogP contribution in [0.5, 0.6) is 11.5 Å². The van der Waals surface area contributed by atoms with Crippen LogP contribution in [0.1, 0.15) is 15.9 Å². The number of esters is 1. The van der Waals surface area contributed by atoms with Crippen molar-refractivity contribution in [2.45, 2.75) is 6.54 Å². The molecule has 5 nitrogen and oxygen atoms in total. The van der Waals surface area contributed by atoms with E-state index in [2.05, 4.69) is 10.1 Å². The van der Waals surface area contributed by atoms with Crippen molar-refractivity contribution in [1.82, 2.24) is 0 Å². The van der Waals surface area contributed by atoms with Crippen LogP contribution >= 0.6 is 11.6 Å². The van der Waals surface area contributed by atoms with Crippen molar-refractivity contribution in [1.29, 1.82) is 0 Å². The third kappa shape index (κ3) is 3.58. The van der Waals surface area contributed by atoms with E-state index in [1.165, 1.54) is 19.2 Å². The van der Waals surface area contributed by atoms with Crippen molar-refractivity contribution in [2.75, 3.05) is 12.4 Å². The number of ether oxygens (including phenoxy) is 1. The zero-order chi connectivity index (χ0) is 15.4. The molecule has 2 aromatic rings. The highest BCUT2D eigenvalue weighted by Crippen LogP contribution is 2.27. The van der Waals surface area contributed by atoms with Gasteiger partial charge in [0.15, 0.2) is 0 Å². The van der Waals surface area contributed by atoms with Gasteiger partial charge in [-0.15, -0.1) is 0 Å². The van der Waals surface area contributed by atoms with E-state index in [1.807, 2.05) is 0 Å². The number of phenolic OH excluding ortho intramolecular Hbond substituents is 2. The number of nitrogens with one attached hydrogen (secondary N) is 1. The van der Waals surface area contributed by atoms with E-state index in [4.69, 9.17) is 11.6 Å². The standard InChI is InChI=1S/C15H14ClNO4/c1-21-15(20)9-3-5-12(16)13(6-9)17-8-10-2-4-11(18)7-14(10)19/h2-7,17-19H,8H2,1H3. The molecule has 21 heavy (non-hydrogen) atoms. The molecule has 0 spiro atoms. The maximum Gasteiger partial charge on any atom is 0.337 e. The molecule has 3 N–H and O–H groups in total. The van der Waals surface area contributed by atoms with Crippen LogP contribution in [0, 0.1) is 0 Å². The summed E-state index contributed by atoms with van der Waals surface area (Å²) in [5.41, 5.74) is 1.51. The number of rotatable bonds is 4. The number of hydrogen-bond donors (Lipinski definition) is 3. The van der Waals surface area contributed by atoms with E-state index in [0.717, 1.165) is 0 Å². The van der Waals surface area contributed by atoms with Gasteiger partial charge in [-0.1, -0.05) is 11.6 Å². The molecular weight excluding hydrogens is 294 g/mol. The molecule has 0 heterocycles. The maximum atomic E-state index is 11.5. The fraction of sp³-hybridized carbons (Fsp3) is 0.133. The molecule has 0 aromatic heterocycles. The summed E-state index contributed by atoms with van der Waals surface area (Å²) in [5.74, 6) is -0.494. The van der Waals surface area contributed by atoms with Crippen molar-refractivity contribution in [3.8, 4) is 11.5 Å². The number of anilines is 1. The lowest BCUT2D eigenvalue weighted by Crippen LogP contribution is -2.04. The summed E-state index contributed by atoms with van der Waals surface area (Å²) >= 11 is 6.06. The molecule has 0 unspecified atom stereocenters. The molecule has 0 saturated heterocycles. The molecular formula is C15H14ClNO4. The first-order valence-electron chi connectivity index (χ1n) is 6.14. The van der Waals surface area contributed by atoms with E-state index in [-0.39, 0.29) is 18.0 Å². The molecule has 0 fully saturated rings. The molecule has 0 radical (unpaired) electrons. The van der Waals surface area contributed by atoms with Crippen LogP contribution < -0.4 is 5.32 Å². The van der Waals surface area contributed by atoms with Gasteiger partial charge in [0, 0.05) is 18.2 Å². The molecule has 0 aliphatic carbocycles. The summed E-state index contributed by atoms with van der Waals surface area (Å²) in [6.45, 7) is 0.288. The Morgan fingerprint density at radius 3 is 2.67 bits per heavy atom. The number of aromatic hydroxyl groups is 2. The van der Waals surface area contributed by atoms with Crippen LogP contribution in [0.3, 0.4) is 0 Å². The summed E-state index contributed by atoms with van der Waals surface area (Å²) in [7, 11) is 1.30. The van der Waals surface area contributed by atoms with E-state index in [9.17, 15) is 15.0 Å². The van der Waals surface area contributed by atoms with Crippen LogP contribution in [0.4, 0.5) is 5.69 Å². The average molecular weight is 308 g/mol. The minimum atomic E-state index is -0.456. The number of benzene rings is 2. The van der Waals surface area contributed by atoms with Gasteiger partial charge in [-0.3, -0.25) is 0 Å². The molecule has 6 heteroatoms. The lowest BCUT2D eigenvalue weighted by atomic mass is 10.1. The number of halogens is 1. The van der Waals surface area contributed by atoms with E-state index in [1.54, 1.807) is 24.3 Å². The third-order valence-electron chi connectivity index (χ3n) is 2.93. The van der Waals surface area contributed by atoms with Gasteiger partial charge in [0.25, 0.3) is 0 Å². The van der Waals surface area contributed by atoms with E-state index < -0.39 is 5.97 Å². The van der Waals surface area contributed by atoms with Gasteiger partial charge in [-0.25, -0.2) is 4.79 Å². The quantitative estimate of drug-likeness (QED) is 0.756. The molecule has 0 amide bonds. The normalized spacial score (nSPS) is 10.2. The first-order valence-corrected chi connectivity index (χ1v) is 6.51. The minimum Gasteiger partial charge on any atom is -0.508 e. The highest BCUT2D eigenvalue weighted by atomic mass is 35.5. The largest absolute Gasteiger partial charge is 0.508 e. The summed E-state index contributed by atoms with van der Waals surface area (Å²) in [6.07, 6.45) is 0. The predicted octanol–water partition coefficient (Wildman–Crippen LogP) is 3.15. The minimum absolute atomic E-state index is 0.0121. The number of carbonyl (C=O) groups is 1. The first kappa shape index (κ1) is 15.0. The van der Waals surface area contributed by atoms with Crippen molar-refractivity contribution < 1.29 is 19.7 Å². The zero-order valence-electron chi connectivity index (χ0n) is 11.3. The molecule has 0 aliphatic heterocycles. The van der Waals surface area contributed by atoms with Crippen molar-refractivity contribution in [3.63, 3.8) is 0 Å². The first-order chi connectivity index (χ1) is 10.0. The number of methoxy groups -OCH3 is 1. The molecule has 0 atom stereocenters. The van der Waals surface area contributed by atoms with E-state index in [0.29, 0.717) is 21.8 Å². The van der Waals surface area contributed by atoms with Gasteiger partial charge in [0.2, 0.25) is 0 Å². The third-order valence-corrected chi connectivity index (χ3v) is 3.26. The Balaban J connectivity index is 2.17. The number of phenols is 2. The van der Waals surface area contributed by atoms with Gasteiger partial charge in [0.05, 0.1) is 23.4 Å². The maximum absolute atomic E-state index is 11.5. The second-order valence-electron chi connectivity index (χ2n) is 4.35. The Labute approximate surface area is 126 Å². The smallest absolute Gasteiger partial charge is 0.337 e. The zero-order valence-corrected chi connectivity index (χ0v) is 12.0. The Kier molecular flexibility index (Phi) is 4.55. The van der Waals surface area contributed by atoms with Gasteiger partial charge in [-0.2, -0.15) is 0 Å². The SMILES string of the molecule is COC(=O)c1ccc(Cl)c(NCc2ccc(O)cc2O)c1. The number of carbonyl (C=O) groups excluding carboxylic acids is 1. The van der Waals surface area contributed by atoms with Crippen LogP contribution in [0.2, 0.25) is 5.02 Å². The Hall–Kier alpha value is -2.40. The van der Waals surface area contributed by atoms with Crippen molar-refractivity contribution in [2.24, 2.45) is 0 Å². The van der Waals surface area contributed by atoms with Gasteiger partial charge >= 0.3 is 5.97 Å². The van der Waals surface area contributed by atoms with Crippen LogP contribution in [-0.4, -0.2) is 23.3 Å². The average Bonchev–Trinajstić information content (AvgIpc) is 2.47. The summed E-state index contributed by atoms with van der Waals surface area (Å²) in [6, 6.07) is 9.05. The highest BCUT2D eigenvalue weighted by Gasteiger charge is 2.09. The molecule has 0 bridgehead atoms. The van der Waals surface area contributed by atoms with Gasteiger partial charge < -0.3 is 20.3 Å². The lowest BCUT2D eigenvalue weighted by molar-refractivity contribution is 0.0601. The van der Waals surface area contributed by atoms with Crippen molar-refractivity contribution >= 4 is 23.3 Å². The molecule has 110 valence electrons. The van der Waals surface area contributed by atoms with Gasteiger partial charge in [0.1, 0.15) is 11.5 Å². The monoisotopic (exact) mass is 307 g/mol. The van der Waals surface area contributed by atoms with Crippen LogP contribution in [0.15, 0.2) is 36.4 Å². The Morgan fingerprint density at radius 2 is 2.00 bits per heavy atom. The predicted molar refractivity (Wildman–Crippen MR) is 79.9 cm³/mol. The van der Waals surface area contributed by atoms with Crippen LogP contribution in [0.25, 0.3) is 0 Å². The van der Waals surface area contributed by atoms with Gasteiger partial charge in [-0.05, 0) is 30.3 Å². The summed E-state index contributed by atoms with van der Waals surface area (Å²) in [5, 5.41) is 22.4. The fourth-order valence-electron chi connectivity index (χ4n) is 1.80. The number of hydrogen-bond acceptors (Lipinski definition) is 5. The van der Waals surface area contributed by atoms with E-state index >= 15 is 0 Å². The Morgan fingerprint density at radius 1 is 1.24 bits per heavy atom. The van der Waals surface area contributed by atoms with Crippen molar-refractivity contribution in [3.05, 3.63) is 52.5 Å². The molecule has 2 rings (SSSR count). The Bertz CT molecular complexity index is 673.